The molecule has 0 spiro atoms. The van der Waals surface area contributed by atoms with E-state index in [1.165, 1.54) is 18.2 Å². The number of hydrogen-bond acceptors (Lipinski definition) is 3. The second-order valence-corrected chi connectivity index (χ2v) is 7.92. The standard InChI is InChI=1S/C19H24ClFN2O3/c1-12-2-4-16(5-3-12)23-7-6-19(26,18(23)25)17(24)22-11-13-8-14(20)10-15(21)9-13/h8-10,12,16,26H,2-7,11H2,1H3,(H,22,24). The minimum absolute atomic E-state index is 0.00710. The molecule has 1 aromatic rings. The molecule has 0 aromatic heterocycles. The lowest BCUT2D eigenvalue weighted by molar-refractivity contribution is -0.155. The van der Waals surface area contributed by atoms with E-state index in [1.807, 2.05) is 0 Å². The van der Waals surface area contributed by atoms with Crippen LogP contribution in [0, 0.1) is 11.7 Å². The number of benzene rings is 1. The highest BCUT2D eigenvalue weighted by Gasteiger charge is 2.52. The Labute approximate surface area is 157 Å². The van der Waals surface area contributed by atoms with Crippen LogP contribution in [0.1, 0.15) is 44.6 Å². The van der Waals surface area contributed by atoms with Crippen molar-refractivity contribution in [2.45, 2.75) is 57.2 Å². The largest absolute Gasteiger partial charge is 0.372 e. The zero-order chi connectivity index (χ0) is 18.9. The summed E-state index contributed by atoms with van der Waals surface area (Å²) in [4.78, 5) is 26.8. The van der Waals surface area contributed by atoms with Crippen molar-refractivity contribution in [3.05, 3.63) is 34.6 Å². The molecule has 0 bridgehead atoms. The van der Waals surface area contributed by atoms with E-state index in [9.17, 15) is 19.1 Å². The molecule has 1 heterocycles. The number of halogens is 2. The summed E-state index contributed by atoms with van der Waals surface area (Å²) < 4.78 is 13.4. The predicted octanol–water partition coefficient (Wildman–Crippen LogP) is 2.64. The minimum atomic E-state index is -2.04. The van der Waals surface area contributed by atoms with Crippen LogP contribution in [0.3, 0.4) is 0 Å². The fraction of sp³-hybridized carbons (Fsp3) is 0.579. The summed E-state index contributed by atoms with van der Waals surface area (Å²) in [5, 5.41) is 13.4. The van der Waals surface area contributed by atoms with Gasteiger partial charge in [-0.1, -0.05) is 18.5 Å². The van der Waals surface area contributed by atoms with Crippen LogP contribution in [0.2, 0.25) is 5.02 Å². The number of aliphatic hydroxyl groups is 1. The molecule has 1 aliphatic carbocycles. The molecule has 1 saturated heterocycles. The quantitative estimate of drug-likeness (QED) is 0.786. The number of nitrogens with zero attached hydrogens (tertiary/aromatic N) is 1. The second-order valence-electron chi connectivity index (χ2n) is 7.48. The van der Waals surface area contributed by atoms with Gasteiger partial charge in [-0.3, -0.25) is 9.59 Å². The first-order valence-corrected chi connectivity index (χ1v) is 9.44. The molecule has 2 amide bonds. The third kappa shape index (κ3) is 3.86. The smallest absolute Gasteiger partial charge is 0.264 e. The number of carbonyl (C=O) groups is 2. The summed E-state index contributed by atoms with van der Waals surface area (Å²) in [5.74, 6) is -1.11. The van der Waals surface area contributed by atoms with E-state index >= 15 is 0 Å². The van der Waals surface area contributed by atoms with Crippen LogP contribution in [0.4, 0.5) is 4.39 Å². The van der Waals surface area contributed by atoms with E-state index in [2.05, 4.69) is 12.2 Å². The molecule has 1 unspecified atom stereocenters. The molecule has 3 rings (SSSR count). The fourth-order valence-electron chi connectivity index (χ4n) is 3.88. The molecule has 2 fully saturated rings. The Morgan fingerprint density at radius 3 is 2.69 bits per heavy atom. The Bertz CT molecular complexity index is 686. The van der Waals surface area contributed by atoms with Crippen LogP contribution < -0.4 is 5.32 Å². The van der Waals surface area contributed by atoms with E-state index in [4.69, 9.17) is 11.6 Å². The molecule has 0 radical (unpaired) electrons. The number of likely N-dealkylation sites (tertiary alicyclic amines) is 1. The molecule has 2 N–H and O–H groups in total. The summed E-state index contributed by atoms with van der Waals surface area (Å²) in [7, 11) is 0. The highest BCUT2D eigenvalue weighted by atomic mass is 35.5. The Balaban J connectivity index is 1.62. The van der Waals surface area contributed by atoms with Crippen LogP contribution >= 0.6 is 11.6 Å². The van der Waals surface area contributed by atoms with E-state index in [1.54, 1.807) is 4.90 Å². The van der Waals surface area contributed by atoms with Crippen LogP contribution in [-0.2, 0) is 16.1 Å². The zero-order valence-electron chi connectivity index (χ0n) is 14.8. The third-order valence-electron chi connectivity index (χ3n) is 5.51. The molecule has 1 atom stereocenters. The van der Waals surface area contributed by atoms with Crippen molar-refractivity contribution in [3.63, 3.8) is 0 Å². The van der Waals surface area contributed by atoms with Crippen molar-refractivity contribution in [3.8, 4) is 0 Å². The third-order valence-corrected chi connectivity index (χ3v) is 5.72. The molecule has 1 saturated carbocycles. The maximum atomic E-state index is 13.4. The summed E-state index contributed by atoms with van der Waals surface area (Å²) in [6, 6.07) is 4.05. The first-order valence-electron chi connectivity index (χ1n) is 9.06. The summed E-state index contributed by atoms with van der Waals surface area (Å²) in [5.41, 5.74) is -1.57. The molecule has 26 heavy (non-hydrogen) atoms. The average molecular weight is 383 g/mol. The maximum Gasteiger partial charge on any atom is 0.264 e. The summed E-state index contributed by atoms with van der Waals surface area (Å²) >= 11 is 5.80. The molecule has 1 aliphatic heterocycles. The lowest BCUT2D eigenvalue weighted by Crippen LogP contribution is -2.53. The monoisotopic (exact) mass is 382 g/mol. The van der Waals surface area contributed by atoms with Gasteiger partial charge in [0.1, 0.15) is 5.82 Å². The number of nitrogens with one attached hydrogen (secondary N) is 1. The van der Waals surface area contributed by atoms with Crippen molar-refractivity contribution in [2.24, 2.45) is 5.92 Å². The number of rotatable bonds is 4. The van der Waals surface area contributed by atoms with Gasteiger partial charge < -0.3 is 15.3 Å². The molecular weight excluding hydrogens is 359 g/mol. The topological polar surface area (TPSA) is 69.6 Å². The number of hydrogen-bond donors (Lipinski definition) is 2. The van der Waals surface area contributed by atoms with Gasteiger partial charge in [-0.05, 0) is 55.4 Å². The maximum absolute atomic E-state index is 13.4. The molecule has 5 nitrogen and oxygen atoms in total. The van der Waals surface area contributed by atoms with Gasteiger partial charge in [0, 0.05) is 30.6 Å². The zero-order valence-corrected chi connectivity index (χ0v) is 15.6. The van der Waals surface area contributed by atoms with Crippen molar-refractivity contribution in [1.82, 2.24) is 10.2 Å². The van der Waals surface area contributed by atoms with Crippen LogP contribution in [0.15, 0.2) is 18.2 Å². The SMILES string of the molecule is CC1CCC(N2CCC(O)(C(=O)NCc3cc(F)cc(Cl)c3)C2=O)CC1. The highest BCUT2D eigenvalue weighted by molar-refractivity contribution is 6.30. The van der Waals surface area contributed by atoms with Gasteiger partial charge in [0.2, 0.25) is 5.60 Å². The van der Waals surface area contributed by atoms with E-state index in [0.717, 1.165) is 25.7 Å². The van der Waals surface area contributed by atoms with Crippen molar-refractivity contribution >= 4 is 23.4 Å². The Kier molecular flexibility index (Phi) is 5.53. The first kappa shape index (κ1) is 19.1. The van der Waals surface area contributed by atoms with Crippen LogP contribution in [-0.4, -0.2) is 40.0 Å². The van der Waals surface area contributed by atoms with Crippen molar-refractivity contribution in [2.75, 3.05) is 6.54 Å². The van der Waals surface area contributed by atoms with Gasteiger partial charge in [-0.15, -0.1) is 0 Å². The predicted molar refractivity (Wildman–Crippen MR) is 96.0 cm³/mol. The number of carbonyl (C=O) groups excluding carboxylic acids is 2. The Morgan fingerprint density at radius 2 is 2.04 bits per heavy atom. The molecule has 142 valence electrons. The average Bonchev–Trinajstić information content (AvgIpc) is 2.89. The number of amides is 2. The summed E-state index contributed by atoms with van der Waals surface area (Å²) in [6.45, 7) is 2.57. The van der Waals surface area contributed by atoms with E-state index in [0.29, 0.717) is 18.0 Å². The molecule has 2 aliphatic rings. The van der Waals surface area contributed by atoms with Crippen LogP contribution in [0.5, 0.6) is 0 Å². The molecular formula is C19H24ClFN2O3. The normalized spacial score (nSPS) is 29.1. The second kappa shape index (κ2) is 7.53. The van der Waals surface area contributed by atoms with Gasteiger partial charge in [0.25, 0.3) is 11.8 Å². The first-order chi connectivity index (χ1) is 12.3. The van der Waals surface area contributed by atoms with Gasteiger partial charge >= 0.3 is 0 Å². The minimum Gasteiger partial charge on any atom is -0.372 e. The lowest BCUT2D eigenvalue weighted by Gasteiger charge is -2.34. The van der Waals surface area contributed by atoms with Gasteiger partial charge in [-0.2, -0.15) is 0 Å². The Morgan fingerprint density at radius 1 is 1.35 bits per heavy atom. The van der Waals surface area contributed by atoms with E-state index in [-0.39, 0.29) is 24.0 Å². The van der Waals surface area contributed by atoms with Crippen molar-refractivity contribution < 1.29 is 19.1 Å². The van der Waals surface area contributed by atoms with Gasteiger partial charge in [0.15, 0.2) is 0 Å². The van der Waals surface area contributed by atoms with Gasteiger partial charge in [-0.25, -0.2) is 4.39 Å². The van der Waals surface area contributed by atoms with Crippen molar-refractivity contribution in [1.29, 1.82) is 0 Å². The van der Waals surface area contributed by atoms with Gasteiger partial charge in [0.05, 0.1) is 0 Å². The molecule has 1 aromatic carbocycles. The van der Waals surface area contributed by atoms with E-state index < -0.39 is 23.2 Å². The lowest BCUT2D eigenvalue weighted by atomic mass is 9.86. The summed E-state index contributed by atoms with van der Waals surface area (Å²) in [6.07, 6.45) is 4.01. The highest BCUT2D eigenvalue weighted by Crippen LogP contribution is 2.33. The molecule has 7 heteroatoms. The van der Waals surface area contributed by atoms with Crippen LogP contribution in [0.25, 0.3) is 0 Å². The fourth-order valence-corrected chi connectivity index (χ4v) is 4.13. The Hall–Kier alpha value is -1.66.